The fraction of sp³-hybridized carbons (Fsp3) is 0.455. The largest absolute Gasteiger partial charge is 0.416 e. The van der Waals surface area contributed by atoms with E-state index in [0.717, 1.165) is 12.1 Å². The van der Waals surface area contributed by atoms with Crippen LogP contribution in [0.3, 0.4) is 0 Å². The van der Waals surface area contributed by atoms with E-state index in [1.807, 2.05) is 0 Å². The molecule has 0 fully saturated rings. The smallest absolute Gasteiger partial charge is 0.383 e. The van der Waals surface area contributed by atoms with Crippen LogP contribution in [0.5, 0.6) is 0 Å². The predicted molar refractivity (Wildman–Crippen MR) is 54.2 cm³/mol. The molecular formula is C11H13F3O3. The maximum atomic E-state index is 12.3. The topological polar surface area (TPSA) is 38.7 Å². The quantitative estimate of drug-likeness (QED) is 0.834. The molecule has 0 heterocycles. The fourth-order valence-corrected chi connectivity index (χ4v) is 1.38. The van der Waals surface area contributed by atoms with Crippen LogP contribution in [0.1, 0.15) is 17.2 Å². The van der Waals surface area contributed by atoms with Crippen molar-refractivity contribution in [2.75, 3.05) is 14.2 Å². The number of hydrogen-bond donors (Lipinski definition) is 1. The summed E-state index contributed by atoms with van der Waals surface area (Å²) < 4.78 is 46.5. The van der Waals surface area contributed by atoms with Crippen LogP contribution in [0.4, 0.5) is 13.2 Å². The highest BCUT2D eigenvalue weighted by Crippen LogP contribution is 2.30. The minimum absolute atomic E-state index is 0.298. The van der Waals surface area contributed by atoms with Gasteiger partial charge in [0.05, 0.1) is 5.56 Å². The lowest BCUT2D eigenvalue weighted by Crippen LogP contribution is -2.22. The van der Waals surface area contributed by atoms with E-state index in [1.54, 1.807) is 0 Å². The van der Waals surface area contributed by atoms with Crippen LogP contribution in [0.2, 0.25) is 0 Å². The molecular weight excluding hydrogens is 237 g/mol. The van der Waals surface area contributed by atoms with Crippen LogP contribution in [-0.4, -0.2) is 25.6 Å². The predicted octanol–water partition coefficient (Wildman–Crippen LogP) is 2.36. The molecule has 1 rings (SSSR count). The number of halogens is 3. The molecule has 17 heavy (non-hydrogen) atoms. The summed E-state index contributed by atoms with van der Waals surface area (Å²) in [7, 11) is 2.67. The summed E-state index contributed by atoms with van der Waals surface area (Å²) in [4.78, 5) is 0. The highest BCUT2D eigenvalue weighted by Gasteiger charge is 2.30. The van der Waals surface area contributed by atoms with Crippen molar-refractivity contribution >= 4 is 0 Å². The first kappa shape index (κ1) is 14.0. The number of ether oxygens (including phenoxy) is 2. The molecule has 0 aliphatic carbocycles. The number of aliphatic hydroxyl groups excluding tert-OH is 1. The van der Waals surface area contributed by atoms with E-state index in [4.69, 9.17) is 9.47 Å². The number of alkyl halides is 3. The van der Waals surface area contributed by atoms with Crippen molar-refractivity contribution < 1.29 is 27.8 Å². The van der Waals surface area contributed by atoms with E-state index >= 15 is 0 Å². The average molecular weight is 250 g/mol. The normalized spacial score (nSPS) is 14.1. The van der Waals surface area contributed by atoms with Crippen LogP contribution in [0.25, 0.3) is 0 Å². The molecule has 0 spiro atoms. The van der Waals surface area contributed by atoms with E-state index < -0.39 is 24.1 Å². The van der Waals surface area contributed by atoms with Crippen molar-refractivity contribution in [3.8, 4) is 0 Å². The van der Waals surface area contributed by atoms with Gasteiger partial charge in [0.2, 0.25) is 0 Å². The molecule has 0 aliphatic rings. The summed E-state index contributed by atoms with van der Waals surface area (Å²) in [5.41, 5.74) is -0.466. The van der Waals surface area contributed by atoms with E-state index in [1.165, 1.54) is 26.4 Å². The maximum Gasteiger partial charge on any atom is 0.416 e. The second-order valence-electron chi connectivity index (χ2n) is 3.40. The van der Waals surface area contributed by atoms with Crippen LogP contribution >= 0.6 is 0 Å². The average Bonchev–Trinajstić information content (AvgIpc) is 2.29. The molecule has 0 aliphatic heterocycles. The van der Waals surface area contributed by atoms with Gasteiger partial charge in [-0.25, -0.2) is 0 Å². The molecule has 1 N–H and O–H groups in total. The summed E-state index contributed by atoms with van der Waals surface area (Å²) in [5, 5.41) is 9.74. The van der Waals surface area contributed by atoms with Crippen molar-refractivity contribution in [3.05, 3.63) is 35.4 Å². The Morgan fingerprint density at radius 3 is 1.88 bits per heavy atom. The summed E-state index contributed by atoms with van der Waals surface area (Å²) in [6.07, 6.45) is -6.43. The fourth-order valence-electron chi connectivity index (χ4n) is 1.38. The van der Waals surface area contributed by atoms with Gasteiger partial charge in [0.15, 0.2) is 6.29 Å². The molecule has 0 radical (unpaired) electrons. The Labute approximate surface area is 96.8 Å². The molecule has 1 aromatic carbocycles. The molecule has 96 valence electrons. The summed E-state index contributed by atoms with van der Waals surface area (Å²) in [6, 6.07) is 4.19. The third-order valence-corrected chi connectivity index (χ3v) is 2.30. The van der Waals surface area contributed by atoms with Crippen molar-refractivity contribution in [2.24, 2.45) is 0 Å². The molecule has 1 aromatic rings. The van der Waals surface area contributed by atoms with Gasteiger partial charge < -0.3 is 14.6 Å². The zero-order chi connectivity index (χ0) is 13.1. The minimum Gasteiger partial charge on any atom is -0.383 e. The van der Waals surface area contributed by atoms with Crippen LogP contribution in [-0.2, 0) is 15.7 Å². The van der Waals surface area contributed by atoms with Crippen molar-refractivity contribution in [1.82, 2.24) is 0 Å². The van der Waals surface area contributed by atoms with Crippen LogP contribution in [0.15, 0.2) is 24.3 Å². The van der Waals surface area contributed by atoms with Gasteiger partial charge in [0.25, 0.3) is 0 Å². The van der Waals surface area contributed by atoms with Gasteiger partial charge in [-0.15, -0.1) is 0 Å². The Kier molecular flexibility index (Phi) is 4.50. The van der Waals surface area contributed by atoms with Crippen LogP contribution < -0.4 is 0 Å². The second-order valence-corrected chi connectivity index (χ2v) is 3.40. The van der Waals surface area contributed by atoms with E-state index in [-0.39, 0.29) is 0 Å². The summed E-state index contributed by atoms with van der Waals surface area (Å²) >= 11 is 0. The SMILES string of the molecule is COC(OC)C(O)c1ccc(C(F)(F)F)cc1. The zero-order valence-electron chi connectivity index (χ0n) is 9.36. The lowest BCUT2D eigenvalue weighted by Gasteiger charge is -2.20. The molecule has 6 heteroatoms. The van der Waals surface area contributed by atoms with E-state index in [2.05, 4.69) is 0 Å². The highest BCUT2D eigenvalue weighted by atomic mass is 19.4. The van der Waals surface area contributed by atoms with E-state index in [9.17, 15) is 18.3 Å². The number of benzene rings is 1. The molecule has 0 saturated carbocycles. The van der Waals surface area contributed by atoms with Gasteiger partial charge in [0.1, 0.15) is 6.10 Å². The Hall–Kier alpha value is -1.11. The molecule has 0 saturated heterocycles. The molecule has 1 unspecified atom stereocenters. The lowest BCUT2D eigenvalue weighted by atomic mass is 10.1. The maximum absolute atomic E-state index is 12.3. The van der Waals surface area contributed by atoms with Crippen molar-refractivity contribution in [3.63, 3.8) is 0 Å². The third-order valence-electron chi connectivity index (χ3n) is 2.30. The number of rotatable bonds is 4. The van der Waals surface area contributed by atoms with E-state index in [0.29, 0.717) is 5.56 Å². The summed E-state index contributed by atoms with van der Waals surface area (Å²) in [5.74, 6) is 0. The minimum atomic E-state index is -4.38. The van der Waals surface area contributed by atoms with Crippen LogP contribution in [0, 0.1) is 0 Å². The van der Waals surface area contributed by atoms with Gasteiger partial charge >= 0.3 is 6.18 Å². The van der Waals surface area contributed by atoms with Gasteiger partial charge in [-0.1, -0.05) is 12.1 Å². The highest BCUT2D eigenvalue weighted by molar-refractivity contribution is 5.26. The monoisotopic (exact) mass is 250 g/mol. The van der Waals surface area contributed by atoms with Gasteiger partial charge in [-0.2, -0.15) is 13.2 Å². The molecule has 3 nitrogen and oxygen atoms in total. The Morgan fingerprint density at radius 2 is 1.53 bits per heavy atom. The third kappa shape index (κ3) is 3.42. The molecule has 0 amide bonds. The van der Waals surface area contributed by atoms with Gasteiger partial charge in [-0.05, 0) is 17.7 Å². The molecule has 0 bridgehead atoms. The molecule has 1 atom stereocenters. The zero-order valence-corrected chi connectivity index (χ0v) is 9.36. The van der Waals surface area contributed by atoms with Crippen molar-refractivity contribution in [2.45, 2.75) is 18.6 Å². The standard InChI is InChI=1S/C11H13F3O3/c1-16-10(17-2)9(15)7-3-5-8(6-4-7)11(12,13)14/h3-6,9-10,15H,1-2H3. The van der Waals surface area contributed by atoms with Gasteiger partial charge in [-0.3, -0.25) is 0 Å². The lowest BCUT2D eigenvalue weighted by molar-refractivity contribution is -0.166. The first-order chi connectivity index (χ1) is 7.90. The summed E-state index contributed by atoms with van der Waals surface area (Å²) in [6.45, 7) is 0. The number of aliphatic hydroxyl groups is 1. The first-order valence-electron chi connectivity index (χ1n) is 4.81. The first-order valence-corrected chi connectivity index (χ1v) is 4.81. The Balaban J connectivity index is 2.87. The number of hydrogen-bond acceptors (Lipinski definition) is 3. The second kappa shape index (κ2) is 5.48. The number of methoxy groups -OCH3 is 2. The Bertz CT molecular complexity index is 344. The van der Waals surface area contributed by atoms with Crippen molar-refractivity contribution in [1.29, 1.82) is 0 Å². The van der Waals surface area contributed by atoms with Gasteiger partial charge in [0, 0.05) is 14.2 Å². The molecule has 0 aromatic heterocycles. The Morgan fingerprint density at radius 1 is 1.06 bits per heavy atom.